The Morgan fingerprint density at radius 1 is 1.48 bits per heavy atom. The van der Waals surface area contributed by atoms with E-state index in [0.29, 0.717) is 11.5 Å². The molecule has 21 heavy (non-hydrogen) atoms. The lowest BCUT2D eigenvalue weighted by atomic mass is 10.1. The van der Waals surface area contributed by atoms with E-state index in [2.05, 4.69) is 23.4 Å². The summed E-state index contributed by atoms with van der Waals surface area (Å²) in [7, 11) is 0. The average Bonchev–Trinajstić information content (AvgIpc) is 3.24. The van der Waals surface area contributed by atoms with Gasteiger partial charge in [-0.05, 0) is 49.3 Å². The molecule has 1 unspecified atom stereocenters. The molecule has 0 spiro atoms. The van der Waals surface area contributed by atoms with E-state index in [-0.39, 0.29) is 0 Å². The van der Waals surface area contributed by atoms with Gasteiger partial charge >= 0.3 is 5.97 Å². The maximum absolute atomic E-state index is 11.1. The van der Waals surface area contributed by atoms with E-state index < -0.39 is 5.97 Å². The Balaban J connectivity index is 2.01. The second kappa shape index (κ2) is 5.51. The normalized spacial score (nSPS) is 16.3. The van der Waals surface area contributed by atoms with Crippen LogP contribution < -0.4 is 0 Å². The van der Waals surface area contributed by atoms with Crippen molar-refractivity contribution >= 4 is 17.0 Å². The summed E-state index contributed by atoms with van der Waals surface area (Å²) in [4.78, 5) is 15.8. The van der Waals surface area contributed by atoms with Gasteiger partial charge in [-0.1, -0.05) is 13.8 Å². The van der Waals surface area contributed by atoms with Crippen molar-refractivity contribution in [3.63, 3.8) is 0 Å². The number of aryl methyl sites for hydroxylation is 1. The molecule has 1 aliphatic carbocycles. The zero-order valence-electron chi connectivity index (χ0n) is 12.7. The zero-order valence-corrected chi connectivity index (χ0v) is 12.7. The second-order valence-corrected chi connectivity index (χ2v) is 6.21. The third kappa shape index (κ3) is 2.80. The van der Waals surface area contributed by atoms with Gasteiger partial charge in [-0.2, -0.15) is 0 Å². The van der Waals surface area contributed by atoms with Crippen molar-refractivity contribution in [2.75, 3.05) is 0 Å². The summed E-state index contributed by atoms with van der Waals surface area (Å²) in [6, 6.07) is 5.28. The van der Waals surface area contributed by atoms with Crippen LogP contribution >= 0.6 is 0 Å². The summed E-state index contributed by atoms with van der Waals surface area (Å²) in [6.07, 6.45) is 4.68. The molecular weight excluding hydrogens is 264 g/mol. The topological polar surface area (TPSA) is 55.1 Å². The number of hydrogen-bond donors (Lipinski definition) is 1. The Morgan fingerprint density at radius 3 is 2.86 bits per heavy atom. The van der Waals surface area contributed by atoms with E-state index in [0.717, 1.165) is 42.2 Å². The van der Waals surface area contributed by atoms with Crippen LogP contribution in [0.2, 0.25) is 0 Å². The number of rotatable bonds is 6. The summed E-state index contributed by atoms with van der Waals surface area (Å²) in [6.45, 7) is 5.45. The number of aromatic nitrogens is 2. The summed E-state index contributed by atoms with van der Waals surface area (Å²) in [5, 5.41) is 9.12. The first-order valence-electron chi connectivity index (χ1n) is 7.82. The number of imidazole rings is 1. The van der Waals surface area contributed by atoms with Gasteiger partial charge in [-0.3, -0.25) is 0 Å². The van der Waals surface area contributed by atoms with Crippen molar-refractivity contribution < 1.29 is 9.90 Å². The van der Waals surface area contributed by atoms with E-state index in [1.807, 2.05) is 6.07 Å². The zero-order chi connectivity index (χ0) is 15.0. The SMILES string of the molecule is CCCc1nc2cc(C(=O)O)ccc2n1CC(C)C1CC1. The highest BCUT2D eigenvalue weighted by molar-refractivity contribution is 5.92. The largest absolute Gasteiger partial charge is 0.478 e. The smallest absolute Gasteiger partial charge is 0.335 e. The number of aromatic carboxylic acids is 1. The number of hydrogen-bond acceptors (Lipinski definition) is 2. The van der Waals surface area contributed by atoms with Gasteiger partial charge in [-0.15, -0.1) is 0 Å². The first-order valence-corrected chi connectivity index (χ1v) is 7.82. The Morgan fingerprint density at radius 2 is 2.24 bits per heavy atom. The van der Waals surface area contributed by atoms with Crippen molar-refractivity contribution in [2.45, 2.75) is 46.1 Å². The summed E-state index contributed by atoms with van der Waals surface area (Å²) < 4.78 is 2.30. The van der Waals surface area contributed by atoms with Crippen LogP contribution in [0.15, 0.2) is 18.2 Å². The lowest BCUT2D eigenvalue weighted by molar-refractivity contribution is 0.0697. The fraction of sp³-hybridized carbons (Fsp3) is 0.529. The lowest BCUT2D eigenvalue weighted by Crippen LogP contribution is -2.12. The fourth-order valence-corrected chi connectivity index (χ4v) is 3.03. The van der Waals surface area contributed by atoms with Gasteiger partial charge in [0.15, 0.2) is 0 Å². The van der Waals surface area contributed by atoms with Gasteiger partial charge in [-0.25, -0.2) is 9.78 Å². The average molecular weight is 286 g/mol. The number of carboxylic acid groups (broad SMARTS) is 1. The molecule has 112 valence electrons. The second-order valence-electron chi connectivity index (χ2n) is 6.21. The van der Waals surface area contributed by atoms with Gasteiger partial charge in [0.25, 0.3) is 0 Å². The molecule has 2 aromatic rings. The molecule has 1 aliphatic rings. The molecule has 1 fully saturated rings. The van der Waals surface area contributed by atoms with Crippen LogP contribution in [-0.2, 0) is 13.0 Å². The minimum atomic E-state index is -0.894. The first-order chi connectivity index (χ1) is 10.1. The molecule has 1 aromatic heterocycles. The van der Waals surface area contributed by atoms with Crippen LogP contribution in [0.5, 0.6) is 0 Å². The number of carbonyl (C=O) groups is 1. The minimum absolute atomic E-state index is 0.311. The molecule has 1 atom stereocenters. The Bertz CT molecular complexity index is 671. The monoisotopic (exact) mass is 286 g/mol. The van der Waals surface area contributed by atoms with E-state index in [1.54, 1.807) is 12.1 Å². The summed E-state index contributed by atoms with van der Waals surface area (Å²) in [5.74, 6) is 1.71. The standard InChI is InChI=1S/C17H22N2O2/c1-3-4-16-18-14-9-13(17(20)21)7-8-15(14)19(16)10-11(2)12-5-6-12/h7-9,11-12H,3-6,10H2,1-2H3,(H,20,21). The van der Waals surface area contributed by atoms with Crippen LogP contribution in [0.1, 0.15) is 49.3 Å². The summed E-state index contributed by atoms with van der Waals surface area (Å²) in [5.41, 5.74) is 2.18. The predicted octanol–water partition coefficient (Wildman–Crippen LogP) is 3.73. The Hall–Kier alpha value is -1.84. The molecule has 0 bridgehead atoms. The molecule has 1 heterocycles. The van der Waals surface area contributed by atoms with Crippen molar-refractivity contribution in [1.82, 2.24) is 9.55 Å². The number of nitrogens with zero attached hydrogens (tertiary/aromatic N) is 2. The molecule has 1 N–H and O–H groups in total. The molecule has 4 nitrogen and oxygen atoms in total. The third-order valence-corrected chi connectivity index (χ3v) is 4.45. The maximum atomic E-state index is 11.1. The molecule has 0 amide bonds. The quantitative estimate of drug-likeness (QED) is 0.880. The summed E-state index contributed by atoms with van der Waals surface area (Å²) >= 11 is 0. The minimum Gasteiger partial charge on any atom is -0.478 e. The van der Waals surface area contributed by atoms with E-state index in [4.69, 9.17) is 5.11 Å². The lowest BCUT2D eigenvalue weighted by Gasteiger charge is -2.14. The number of carboxylic acids is 1. The Kier molecular flexibility index (Phi) is 3.70. The van der Waals surface area contributed by atoms with E-state index in [9.17, 15) is 4.79 Å². The molecule has 4 heteroatoms. The van der Waals surface area contributed by atoms with Crippen molar-refractivity contribution in [3.05, 3.63) is 29.6 Å². The highest BCUT2D eigenvalue weighted by Gasteiger charge is 2.28. The van der Waals surface area contributed by atoms with Crippen LogP contribution in [0, 0.1) is 11.8 Å². The fourth-order valence-electron chi connectivity index (χ4n) is 3.03. The van der Waals surface area contributed by atoms with Gasteiger partial charge in [0.2, 0.25) is 0 Å². The molecular formula is C17H22N2O2. The highest BCUT2D eigenvalue weighted by Crippen LogP contribution is 2.38. The van der Waals surface area contributed by atoms with Crippen LogP contribution in [0.25, 0.3) is 11.0 Å². The van der Waals surface area contributed by atoms with Crippen molar-refractivity contribution in [2.24, 2.45) is 11.8 Å². The van der Waals surface area contributed by atoms with Gasteiger partial charge in [0.05, 0.1) is 16.6 Å². The van der Waals surface area contributed by atoms with E-state index >= 15 is 0 Å². The molecule has 1 aromatic carbocycles. The van der Waals surface area contributed by atoms with Gasteiger partial charge in [0, 0.05) is 13.0 Å². The maximum Gasteiger partial charge on any atom is 0.335 e. The van der Waals surface area contributed by atoms with Crippen molar-refractivity contribution in [3.8, 4) is 0 Å². The Labute approximate surface area is 124 Å². The van der Waals surface area contributed by atoms with Crippen LogP contribution in [-0.4, -0.2) is 20.6 Å². The van der Waals surface area contributed by atoms with Crippen molar-refractivity contribution in [1.29, 1.82) is 0 Å². The molecule has 3 rings (SSSR count). The number of fused-ring (bicyclic) bond motifs is 1. The van der Waals surface area contributed by atoms with Gasteiger partial charge < -0.3 is 9.67 Å². The van der Waals surface area contributed by atoms with E-state index in [1.165, 1.54) is 12.8 Å². The first kappa shape index (κ1) is 14.1. The third-order valence-electron chi connectivity index (χ3n) is 4.45. The molecule has 1 saturated carbocycles. The highest BCUT2D eigenvalue weighted by atomic mass is 16.4. The van der Waals surface area contributed by atoms with Crippen LogP contribution in [0.3, 0.4) is 0 Å². The van der Waals surface area contributed by atoms with Crippen LogP contribution in [0.4, 0.5) is 0 Å². The predicted molar refractivity (Wildman–Crippen MR) is 82.6 cm³/mol. The molecule has 0 radical (unpaired) electrons. The molecule has 0 saturated heterocycles. The molecule has 0 aliphatic heterocycles. The van der Waals surface area contributed by atoms with Gasteiger partial charge in [0.1, 0.15) is 5.82 Å². The number of benzene rings is 1.